The molecule has 2 aliphatic heterocycles. The van der Waals surface area contributed by atoms with Crippen molar-refractivity contribution in [1.82, 2.24) is 20.0 Å². The lowest BCUT2D eigenvalue weighted by Gasteiger charge is -2.33. The zero-order chi connectivity index (χ0) is 22.9. The van der Waals surface area contributed by atoms with E-state index in [0.717, 1.165) is 22.2 Å². The largest absolute Gasteiger partial charge is 0.410 e. The summed E-state index contributed by atoms with van der Waals surface area (Å²) >= 11 is 9.68. The minimum absolute atomic E-state index is 0.00788. The second kappa shape index (κ2) is 9.58. The van der Waals surface area contributed by atoms with Gasteiger partial charge in [0.1, 0.15) is 10.8 Å². The van der Waals surface area contributed by atoms with Crippen LogP contribution in [0.15, 0.2) is 28.7 Å². The maximum Gasteiger partial charge on any atom is 0.410 e. The predicted molar refractivity (Wildman–Crippen MR) is 117 cm³/mol. The van der Waals surface area contributed by atoms with Crippen LogP contribution in [-0.4, -0.2) is 66.2 Å². The van der Waals surface area contributed by atoms with E-state index in [0.29, 0.717) is 31.9 Å². The molecule has 32 heavy (non-hydrogen) atoms. The van der Waals surface area contributed by atoms with Crippen molar-refractivity contribution in [3.8, 4) is 0 Å². The third-order valence-electron chi connectivity index (χ3n) is 5.60. The van der Waals surface area contributed by atoms with E-state index in [2.05, 4.69) is 36.6 Å². The summed E-state index contributed by atoms with van der Waals surface area (Å²) in [4.78, 5) is 14.8. The van der Waals surface area contributed by atoms with Crippen LogP contribution in [0.4, 0.5) is 19.0 Å². The molecule has 2 atom stereocenters. The Morgan fingerprint density at radius 3 is 2.62 bits per heavy atom. The number of halogens is 5. The number of amides is 1. The molecular formula is C20H22BrClF3N5O2. The van der Waals surface area contributed by atoms with Crippen molar-refractivity contribution >= 4 is 39.3 Å². The number of aromatic nitrogens is 2. The first-order valence-corrected chi connectivity index (χ1v) is 11.4. The standard InChI is InChI=1S/C20H22BrClF3N5O2/c21-13-3-1-12(2-4-13)14-11-15(20(23,24)25)30-18(27-14)16(22)17(28-30)19(31)26-5-6-29-7-9-32-10-8-29/h1-4,14-15,27H,5-11H2,(H,26,31). The number of carbonyl (C=O) groups excluding carboxylic acids is 1. The minimum Gasteiger partial charge on any atom is -0.379 e. The number of fused-ring (bicyclic) bond motifs is 1. The number of ether oxygens (including phenoxy) is 1. The van der Waals surface area contributed by atoms with Gasteiger partial charge in [-0.3, -0.25) is 9.69 Å². The number of nitrogens with zero attached hydrogens (tertiary/aromatic N) is 3. The van der Waals surface area contributed by atoms with E-state index in [1.807, 2.05) is 0 Å². The number of hydrogen-bond donors (Lipinski definition) is 2. The fourth-order valence-corrected chi connectivity index (χ4v) is 4.41. The molecule has 1 aromatic carbocycles. The Bertz CT molecular complexity index is 963. The second-order valence-corrected chi connectivity index (χ2v) is 9.00. The van der Waals surface area contributed by atoms with Crippen LogP contribution in [0.5, 0.6) is 0 Å². The zero-order valence-electron chi connectivity index (χ0n) is 17.0. The molecule has 1 amide bonds. The summed E-state index contributed by atoms with van der Waals surface area (Å²) in [6, 6.07) is 4.48. The molecule has 2 aromatic rings. The van der Waals surface area contributed by atoms with Gasteiger partial charge in [-0.1, -0.05) is 39.7 Å². The number of hydrogen-bond acceptors (Lipinski definition) is 5. The maximum absolute atomic E-state index is 13.9. The SMILES string of the molecule is O=C(NCCN1CCOCC1)c1nn2c(c1Cl)NC(c1ccc(Br)cc1)CC2C(F)(F)F. The van der Waals surface area contributed by atoms with E-state index >= 15 is 0 Å². The van der Waals surface area contributed by atoms with E-state index < -0.39 is 24.2 Å². The van der Waals surface area contributed by atoms with E-state index in [1.54, 1.807) is 24.3 Å². The Labute approximate surface area is 196 Å². The Balaban J connectivity index is 1.53. The molecule has 1 fully saturated rings. The van der Waals surface area contributed by atoms with Crippen LogP contribution in [0, 0.1) is 0 Å². The van der Waals surface area contributed by atoms with Crippen molar-refractivity contribution in [1.29, 1.82) is 0 Å². The van der Waals surface area contributed by atoms with Crippen LogP contribution in [0.1, 0.15) is 34.6 Å². The molecule has 2 N–H and O–H groups in total. The molecule has 174 valence electrons. The van der Waals surface area contributed by atoms with Crippen molar-refractivity contribution < 1.29 is 22.7 Å². The zero-order valence-corrected chi connectivity index (χ0v) is 19.3. The smallest absolute Gasteiger partial charge is 0.379 e. The minimum atomic E-state index is -4.55. The summed E-state index contributed by atoms with van der Waals surface area (Å²) < 4.78 is 48.5. The van der Waals surface area contributed by atoms with Crippen LogP contribution in [0.25, 0.3) is 0 Å². The number of anilines is 1. The highest BCUT2D eigenvalue weighted by molar-refractivity contribution is 9.10. The summed E-state index contributed by atoms with van der Waals surface area (Å²) in [5.41, 5.74) is 0.462. The van der Waals surface area contributed by atoms with Crippen molar-refractivity contribution in [3.63, 3.8) is 0 Å². The van der Waals surface area contributed by atoms with Gasteiger partial charge >= 0.3 is 6.18 Å². The third kappa shape index (κ3) is 5.05. The third-order valence-corrected chi connectivity index (χ3v) is 6.49. The van der Waals surface area contributed by atoms with Crippen LogP contribution >= 0.6 is 27.5 Å². The highest BCUT2D eigenvalue weighted by Gasteiger charge is 2.47. The second-order valence-electron chi connectivity index (χ2n) is 7.71. The number of morpholine rings is 1. The quantitative estimate of drug-likeness (QED) is 0.604. The van der Waals surface area contributed by atoms with E-state index in [9.17, 15) is 18.0 Å². The molecule has 0 bridgehead atoms. The van der Waals surface area contributed by atoms with E-state index in [-0.39, 0.29) is 23.0 Å². The van der Waals surface area contributed by atoms with E-state index in [4.69, 9.17) is 16.3 Å². The highest BCUT2D eigenvalue weighted by atomic mass is 79.9. The van der Waals surface area contributed by atoms with E-state index in [1.165, 1.54) is 0 Å². The molecule has 2 unspecified atom stereocenters. The van der Waals surface area contributed by atoms with Crippen LogP contribution in [-0.2, 0) is 4.74 Å². The Morgan fingerprint density at radius 1 is 1.28 bits per heavy atom. The fourth-order valence-electron chi connectivity index (χ4n) is 3.88. The maximum atomic E-state index is 13.9. The molecule has 1 aromatic heterocycles. The molecule has 0 aliphatic carbocycles. The summed E-state index contributed by atoms with van der Waals surface area (Å²) in [7, 11) is 0. The lowest BCUT2D eigenvalue weighted by molar-refractivity contribution is -0.173. The topological polar surface area (TPSA) is 71.4 Å². The normalized spacial score (nSPS) is 21.7. The Morgan fingerprint density at radius 2 is 1.97 bits per heavy atom. The number of carbonyl (C=O) groups is 1. The van der Waals surface area contributed by atoms with Gasteiger partial charge in [-0.05, 0) is 17.7 Å². The Hall–Kier alpha value is -1.82. The fraction of sp³-hybridized carbons (Fsp3) is 0.500. The first-order valence-electron chi connectivity index (χ1n) is 10.2. The van der Waals surface area contributed by atoms with Crippen LogP contribution < -0.4 is 10.6 Å². The first kappa shape index (κ1) is 23.3. The monoisotopic (exact) mass is 535 g/mol. The highest BCUT2D eigenvalue weighted by Crippen LogP contribution is 2.46. The molecule has 0 saturated carbocycles. The van der Waals surface area contributed by atoms with Gasteiger partial charge in [-0.2, -0.15) is 18.3 Å². The van der Waals surface area contributed by atoms with Crippen molar-refractivity contribution in [2.75, 3.05) is 44.7 Å². The number of nitrogens with one attached hydrogen (secondary N) is 2. The molecule has 0 radical (unpaired) electrons. The first-order chi connectivity index (χ1) is 15.2. The average molecular weight is 537 g/mol. The molecule has 4 rings (SSSR count). The molecule has 0 spiro atoms. The lowest BCUT2D eigenvalue weighted by atomic mass is 9.97. The molecule has 2 aliphatic rings. The average Bonchev–Trinajstić information content (AvgIpc) is 3.10. The lowest BCUT2D eigenvalue weighted by Crippen LogP contribution is -2.41. The van der Waals surface area contributed by atoms with Gasteiger partial charge in [0.25, 0.3) is 5.91 Å². The molecule has 7 nitrogen and oxygen atoms in total. The van der Waals surface area contributed by atoms with Gasteiger partial charge in [0.15, 0.2) is 11.7 Å². The summed E-state index contributed by atoms with van der Waals surface area (Å²) in [5, 5.41) is 9.57. The Kier molecular flexibility index (Phi) is 6.99. The van der Waals surface area contributed by atoms with Crippen LogP contribution in [0.2, 0.25) is 5.02 Å². The summed E-state index contributed by atoms with van der Waals surface area (Å²) in [6.07, 6.45) is -4.82. The van der Waals surface area contributed by atoms with Gasteiger partial charge < -0.3 is 15.4 Å². The van der Waals surface area contributed by atoms with Crippen molar-refractivity contribution in [3.05, 3.63) is 45.0 Å². The molecular weight excluding hydrogens is 515 g/mol. The predicted octanol–water partition coefficient (Wildman–Crippen LogP) is 4.02. The van der Waals surface area contributed by atoms with Gasteiger partial charge in [0.2, 0.25) is 0 Å². The van der Waals surface area contributed by atoms with Crippen LogP contribution in [0.3, 0.4) is 0 Å². The van der Waals surface area contributed by atoms with Gasteiger partial charge in [0, 0.05) is 37.1 Å². The van der Waals surface area contributed by atoms with Crippen molar-refractivity contribution in [2.45, 2.75) is 24.7 Å². The number of benzene rings is 1. The number of alkyl halides is 3. The van der Waals surface area contributed by atoms with Gasteiger partial charge in [-0.15, -0.1) is 0 Å². The summed E-state index contributed by atoms with van der Waals surface area (Å²) in [5.74, 6) is -0.612. The molecule has 3 heterocycles. The van der Waals surface area contributed by atoms with Gasteiger partial charge in [-0.25, -0.2) is 4.68 Å². The molecule has 12 heteroatoms. The number of rotatable bonds is 5. The van der Waals surface area contributed by atoms with Crippen molar-refractivity contribution in [2.24, 2.45) is 0 Å². The molecule has 1 saturated heterocycles. The van der Waals surface area contributed by atoms with Gasteiger partial charge in [0.05, 0.1) is 19.3 Å². The summed E-state index contributed by atoms with van der Waals surface area (Å²) in [6.45, 7) is 3.74.